The van der Waals surface area contributed by atoms with Crippen molar-refractivity contribution in [1.82, 2.24) is 15.1 Å². The van der Waals surface area contributed by atoms with Crippen LogP contribution in [-0.4, -0.2) is 82.8 Å². The van der Waals surface area contributed by atoms with Gasteiger partial charge in [0.15, 0.2) is 0 Å². The number of carbonyl (C=O) groups excluding carboxylic acids is 5. The summed E-state index contributed by atoms with van der Waals surface area (Å²) >= 11 is 0. The van der Waals surface area contributed by atoms with Gasteiger partial charge < -0.3 is 30.9 Å². The first-order valence-corrected chi connectivity index (χ1v) is 12.0. The van der Waals surface area contributed by atoms with Crippen molar-refractivity contribution < 1.29 is 46.3 Å². The van der Waals surface area contributed by atoms with Crippen molar-refractivity contribution in [3.63, 3.8) is 0 Å². The van der Waals surface area contributed by atoms with E-state index < -0.39 is 71.8 Å². The molecule has 1 aromatic carbocycles. The molecule has 1 aromatic rings. The highest BCUT2D eigenvalue weighted by molar-refractivity contribution is 6.03. The summed E-state index contributed by atoms with van der Waals surface area (Å²) in [4.78, 5) is 65.4. The van der Waals surface area contributed by atoms with Gasteiger partial charge in [0.1, 0.15) is 29.7 Å². The molecule has 0 aliphatic carbocycles. The molecule has 3 rings (SSSR count). The molecule has 2 aliphatic rings. The maximum absolute atomic E-state index is 13.8. The number of alkyl halides is 3. The third-order valence-corrected chi connectivity index (χ3v) is 6.62. The number of rotatable bonds is 7. The predicted octanol–water partition coefficient (Wildman–Crippen LogP) is 0.922. The van der Waals surface area contributed by atoms with Crippen LogP contribution in [0.2, 0.25) is 0 Å². The normalized spacial score (nSPS) is 22.0. The molecule has 0 saturated carbocycles. The van der Waals surface area contributed by atoms with E-state index in [2.05, 4.69) is 5.32 Å². The Balaban J connectivity index is 1.89. The molecule has 39 heavy (non-hydrogen) atoms. The van der Waals surface area contributed by atoms with Crippen LogP contribution in [0.4, 0.5) is 23.2 Å². The van der Waals surface area contributed by atoms with Crippen molar-refractivity contribution in [1.29, 1.82) is 0 Å². The van der Waals surface area contributed by atoms with Crippen LogP contribution in [0.5, 0.6) is 5.75 Å². The summed E-state index contributed by atoms with van der Waals surface area (Å²) < 4.78 is 57.5. The van der Waals surface area contributed by atoms with Crippen LogP contribution in [0.25, 0.3) is 0 Å². The molecule has 0 unspecified atom stereocenters. The van der Waals surface area contributed by atoms with E-state index in [0.717, 1.165) is 28.9 Å². The number of ether oxygens (including phenoxy) is 1. The zero-order valence-electron chi connectivity index (χ0n) is 21.6. The van der Waals surface area contributed by atoms with Gasteiger partial charge in [0.25, 0.3) is 5.91 Å². The minimum atomic E-state index is -5.22. The van der Waals surface area contributed by atoms with Crippen LogP contribution in [-0.2, 0) is 24.0 Å². The lowest BCUT2D eigenvalue weighted by Crippen LogP contribution is -2.58. The van der Waals surface area contributed by atoms with Crippen LogP contribution in [0.1, 0.15) is 33.6 Å². The van der Waals surface area contributed by atoms with E-state index in [1.807, 2.05) is 0 Å². The van der Waals surface area contributed by atoms with Gasteiger partial charge >= 0.3 is 12.1 Å². The first-order valence-electron chi connectivity index (χ1n) is 12.0. The van der Waals surface area contributed by atoms with Crippen LogP contribution in [0.3, 0.4) is 0 Å². The predicted molar refractivity (Wildman–Crippen MR) is 127 cm³/mol. The zero-order chi connectivity index (χ0) is 29.4. The molecule has 0 bridgehead atoms. The number of hydrogen-bond donors (Lipinski definition) is 3. The Bertz CT molecular complexity index is 1190. The van der Waals surface area contributed by atoms with E-state index in [-0.39, 0.29) is 30.2 Å². The zero-order valence-corrected chi connectivity index (χ0v) is 21.6. The quantitative estimate of drug-likeness (QED) is 0.423. The number of nitrogens with one attached hydrogen (secondary N) is 2. The number of carbonyl (C=O) groups is 5. The summed E-state index contributed by atoms with van der Waals surface area (Å²) in [5.74, 6) is -6.52. The third kappa shape index (κ3) is 6.06. The van der Waals surface area contributed by atoms with Gasteiger partial charge in [0, 0.05) is 19.5 Å². The summed E-state index contributed by atoms with van der Waals surface area (Å²) in [6.07, 6.45) is -5.52. The molecule has 1 spiro atoms. The third-order valence-electron chi connectivity index (χ3n) is 6.62. The average molecular weight is 560 g/mol. The van der Waals surface area contributed by atoms with Crippen LogP contribution >= 0.6 is 0 Å². The van der Waals surface area contributed by atoms with Gasteiger partial charge in [-0.05, 0) is 31.4 Å². The molecule has 0 aromatic heterocycles. The molecule has 0 radical (unpaired) electrons. The number of amides is 5. The van der Waals surface area contributed by atoms with Crippen LogP contribution in [0, 0.1) is 11.7 Å². The average Bonchev–Trinajstić information content (AvgIpc) is 3.22. The Hall–Kier alpha value is -3.91. The lowest BCUT2D eigenvalue weighted by Gasteiger charge is -2.36. The smallest absolute Gasteiger partial charge is 0.471 e. The minimum absolute atomic E-state index is 0.0329. The summed E-state index contributed by atoms with van der Waals surface area (Å²) in [5.41, 5.74) is 3.86. The number of fused-ring (bicyclic) bond motifs is 1. The van der Waals surface area contributed by atoms with Crippen molar-refractivity contribution >= 4 is 35.2 Å². The van der Waals surface area contributed by atoms with E-state index in [1.54, 1.807) is 19.2 Å². The molecule has 5 amide bonds. The largest absolute Gasteiger partial charge is 0.473 e. The van der Waals surface area contributed by atoms with Gasteiger partial charge in [0.05, 0.1) is 12.2 Å². The Morgan fingerprint density at radius 2 is 1.90 bits per heavy atom. The van der Waals surface area contributed by atoms with Gasteiger partial charge in [-0.1, -0.05) is 13.8 Å². The van der Waals surface area contributed by atoms with Crippen molar-refractivity contribution in [3.05, 3.63) is 24.0 Å². The van der Waals surface area contributed by atoms with Crippen molar-refractivity contribution in [2.45, 2.75) is 63.5 Å². The molecule has 1 fully saturated rings. The topological polar surface area (TPSA) is 151 Å². The Morgan fingerprint density at radius 3 is 2.46 bits per heavy atom. The maximum Gasteiger partial charge on any atom is 0.471 e. The van der Waals surface area contributed by atoms with Gasteiger partial charge in [-0.15, -0.1) is 0 Å². The molecule has 4 N–H and O–H groups in total. The van der Waals surface area contributed by atoms with E-state index in [9.17, 15) is 41.5 Å². The first-order chi connectivity index (χ1) is 18.0. The molecule has 11 nitrogen and oxygen atoms in total. The fraction of sp³-hybridized carbons (Fsp3) is 0.542. The number of likely N-dealkylation sites (N-methyl/N-ethyl adjacent to an activating group) is 1. The van der Waals surface area contributed by atoms with E-state index in [0.29, 0.717) is 0 Å². The summed E-state index contributed by atoms with van der Waals surface area (Å²) in [5, 5.41) is 4.07. The van der Waals surface area contributed by atoms with Gasteiger partial charge in [-0.2, -0.15) is 13.2 Å². The van der Waals surface area contributed by atoms with Crippen LogP contribution < -0.4 is 21.1 Å². The Kier molecular flexibility index (Phi) is 8.13. The number of nitrogens with two attached hydrogens (primary N) is 1. The number of nitrogens with zero attached hydrogens (tertiary/aromatic N) is 2. The SMILES string of the molecule is CC(C)C[C@@H](C(=O)N1C[C@@]2(C[C@H]1C(N)=O)Oc1ccc(F)cc1NC2=O)N(C)C(=O)[C@H](C)NC(=O)C(F)(F)F. The second-order valence-electron chi connectivity index (χ2n) is 10.1. The fourth-order valence-corrected chi connectivity index (χ4v) is 4.64. The number of anilines is 1. The van der Waals surface area contributed by atoms with Crippen LogP contribution in [0.15, 0.2) is 18.2 Å². The number of benzene rings is 1. The monoisotopic (exact) mass is 559 g/mol. The second kappa shape index (κ2) is 10.7. The fourth-order valence-electron chi connectivity index (χ4n) is 4.64. The number of primary amides is 1. The number of hydrogen-bond acceptors (Lipinski definition) is 6. The molecule has 2 heterocycles. The first kappa shape index (κ1) is 29.6. The second-order valence-corrected chi connectivity index (χ2v) is 10.1. The molecule has 4 atom stereocenters. The molecule has 15 heteroatoms. The molecular formula is C24H29F4N5O6. The minimum Gasteiger partial charge on any atom is -0.473 e. The highest BCUT2D eigenvalue weighted by atomic mass is 19.4. The summed E-state index contributed by atoms with van der Waals surface area (Å²) in [7, 11) is 1.18. The van der Waals surface area contributed by atoms with E-state index >= 15 is 0 Å². The number of likely N-dealkylation sites (tertiary alicyclic amines) is 1. The number of halogens is 4. The maximum atomic E-state index is 13.8. The van der Waals surface area contributed by atoms with Gasteiger partial charge in [-0.25, -0.2) is 4.39 Å². The standard InChI is InChI=1S/C24H29F4N5O6/c1-11(2)7-15(32(4)19(35)12(3)30-22(38)24(26,27)28)20(36)33-10-23(9-16(33)18(29)34)21(37)31-14-8-13(25)5-6-17(14)39-23/h5-6,8,11-12,15-16H,7,9-10H2,1-4H3,(H2,29,34)(H,30,38)(H,31,37)/t12-,15-,16-,23+/m0/s1. The van der Waals surface area contributed by atoms with Gasteiger partial charge in [0.2, 0.25) is 23.3 Å². The van der Waals surface area contributed by atoms with Crippen molar-refractivity contribution in [3.8, 4) is 5.75 Å². The summed E-state index contributed by atoms with van der Waals surface area (Å²) in [6, 6.07) is -0.820. The lowest BCUT2D eigenvalue weighted by atomic mass is 9.96. The lowest BCUT2D eigenvalue weighted by molar-refractivity contribution is -0.175. The molecule has 1 saturated heterocycles. The van der Waals surface area contributed by atoms with E-state index in [4.69, 9.17) is 10.5 Å². The highest BCUT2D eigenvalue weighted by Crippen LogP contribution is 2.41. The molecule has 214 valence electrons. The summed E-state index contributed by atoms with van der Waals surface area (Å²) in [6.45, 7) is 4.06. The van der Waals surface area contributed by atoms with Crippen molar-refractivity contribution in [2.24, 2.45) is 11.7 Å². The van der Waals surface area contributed by atoms with E-state index in [1.165, 1.54) is 13.1 Å². The highest BCUT2D eigenvalue weighted by Gasteiger charge is 2.57. The molecular weight excluding hydrogens is 530 g/mol. The van der Waals surface area contributed by atoms with Gasteiger partial charge in [-0.3, -0.25) is 24.0 Å². The van der Waals surface area contributed by atoms with Crippen molar-refractivity contribution in [2.75, 3.05) is 18.9 Å². The Labute approximate surface area is 221 Å². The molecule has 2 aliphatic heterocycles. The Morgan fingerprint density at radius 1 is 1.26 bits per heavy atom.